The second kappa shape index (κ2) is 3.66. The lowest BCUT2D eigenvalue weighted by molar-refractivity contribution is -0.136. The molecule has 0 amide bonds. The predicted molar refractivity (Wildman–Crippen MR) is 41.2 cm³/mol. The van der Waals surface area contributed by atoms with Gasteiger partial charge in [0.2, 0.25) is 0 Å². The van der Waals surface area contributed by atoms with E-state index in [4.69, 9.17) is 0 Å². The molecule has 0 aliphatic rings. The zero-order valence-corrected chi connectivity index (χ0v) is 6.70. The molecule has 0 aromatic carbocycles. The van der Waals surface area contributed by atoms with Crippen LogP contribution in [0.25, 0.3) is 0 Å². The van der Waals surface area contributed by atoms with E-state index in [1.165, 1.54) is 13.4 Å². The number of esters is 1. The molecule has 1 N–H and O–H groups in total. The van der Waals surface area contributed by atoms with E-state index < -0.39 is 5.97 Å². The Morgan fingerprint density at radius 3 is 3.08 bits per heavy atom. The Labute approximate surface area is 69.5 Å². The second-order valence-electron chi connectivity index (χ2n) is 2.20. The summed E-state index contributed by atoms with van der Waals surface area (Å²) in [5, 5.41) is 6.25. The van der Waals surface area contributed by atoms with Crippen LogP contribution >= 0.6 is 0 Å². The van der Waals surface area contributed by atoms with Crippen LogP contribution in [0.3, 0.4) is 0 Å². The van der Waals surface area contributed by atoms with Crippen LogP contribution in [0.5, 0.6) is 0 Å². The van der Waals surface area contributed by atoms with E-state index in [-0.39, 0.29) is 0 Å². The van der Waals surface area contributed by atoms with Gasteiger partial charge in [-0.2, -0.15) is 5.10 Å². The summed E-state index contributed by atoms with van der Waals surface area (Å²) in [5.74, 6) is 0.178. The number of hydrogen-bond acceptors (Lipinski definition) is 4. The summed E-state index contributed by atoms with van der Waals surface area (Å²) in [7, 11) is 1.31. The summed E-state index contributed by atoms with van der Waals surface area (Å²) in [6, 6.07) is 0. The van der Waals surface area contributed by atoms with Crippen LogP contribution in [-0.4, -0.2) is 28.3 Å². The number of carbonyl (C=O) groups excluding carboxylic acids is 1. The van der Waals surface area contributed by atoms with E-state index in [1.54, 1.807) is 0 Å². The van der Waals surface area contributed by atoms with Crippen molar-refractivity contribution in [2.45, 2.75) is 6.42 Å². The Morgan fingerprint density at radius 1 is 1.83 bits per heavy atom. The highest BCUT2D eigenvalue weighted by atomic mass is 16.5. The van der Waals surface area contributed by atoms with E-state index in [2.05, 4.69) is 26.5 Å². The van der Waals surface area contributed by atoms with Gasteiger partial charge >= 0.3 is 5.97 Å². The minimum atomic E-state index is -0.425. The molecular weight excluding hydrogens is 158 g/mol. The van der Waals surface area contributed by atoms with Gasteiger partial charge in [0, 0.05) is 12.0 Å². The third-order valence-electron chi connectivity index (χ3n) is 1.32. The van der Waals surface area contributed by atoms with Crippen LogP contribution in [-0.2, 0) is 16.0 Å². The summed E-state index contributed by atoms with van der Waals surface area (Å²) >= 11 is 0. The fourth-order valence-corrected chi connectivity index (χ4v) is 0.735. The number of ether oxygens (including phenoxy) is 1. The molecule has 5 nitrogen and oxygen atoms in total. The molecule has 0 radical (unpaired) electrons. The van der Waals surface area contributed by atoms with Crippen LogP contribution in [0.15, 0.2) is 18.5 Å². The third kappa shape index (κ3) is 1.91. The minimum absolute atomic E-state index is 0.340. The molecular formula is C7H9N3O2. The fourth-order valence-electron chi connectivity index (χ4n) is 0.735. The fraction of sp³-hybridized carbons (Fsp3) is 0.286. The normalized spacial score (nSPS) is 9.42. The molecule has 0 spiro atoms. The number of hydrogen-bond donors (Lipinski definition) is 1. The molecule has 0 saturated heterocycles. The lowest BCUT2D eigenvalue weighted by atomic mass is 10.2. The number of nitrogens with one attached hydrogen (secondary N) is 1. The molecule has 1 aromatic heterocycles. The lowest BCUT2D eigenvalue weighted by Crippen LogP contribution is -2.06. The SMILES string of the molecule is C=C(Cc1ncn[nH]1)C(=O)OC. The van der Waals surface area contributed by atoms with Crippen molar-refractivity contribution in [2.24, 2.45) is 0 Å². The number of rotatable bonds is 3. The Hall–Kier alpha value is -1.65. The van der Waals surface area contributed by atoms with Crippen LogP contribution in [0.4, 0.5) is 0 Å². The smallest absolute Gasteiger partial charge is 0.333 e. The first-order valence-corrected chi connectivity index (χ1v) is 3.34. The number of methoxy groups -OCH3 is 1. The summed E-state index contributed by atoms with van der Waals surface area (Å²) in [4.78, 5) is 14.7. The van der Waals surface area contributed by atoms with Gasteiger partial charge < -0.3 is 4.74 Å². The highest BCUT2D eigenvalue weighted by Gasteiger charge is 2.08. The molecule has 0 fully saturated rings. The highest BCUT2D eigenvalue weighted by Crippen LogP contribution is 2.00. The Balaban J connectivity index is 2.53. The first-order chi connectivity index (χ1) is 5.74. The van der Waals surface area contributed by atoms with E-state index in [0.29, 0.717) is 17.8 Å². The van der Waals surface area contributed by atoms with Crippen molar-refractivity contribution in [2.75, 3.05) is 7.11 Å². The molecule has 0 unspecified atom stereocenters. The Kier molecular flexibility index (Phi) is 2.57. The number of aromatic nitrogens is 3. The standard InChI is InChI=1S/C7H9N3O2/c1-5(7(11)12-2)3-6-8-4-9-10-6/h4H,1,3H2,2H3,(H,8,9,10). The van der Waals surface area contributed by atoms with Gasteiger partial charge in [0.05, 0.1) is 7.11 Å². The number of aromatic amines is 1. The van der Waals surface area contributed by atoms with E-state index >= 15 is 0 Å². The van der Waals surface area contributed by atoms with E-state index in [9.17, 15) is 4.79 Å². The summed E-state index contributed by atoms with van der Waals surface area (Å²) < 4.78 is 4.46. The Morgan fingerprint density at radius 2 is 2.58 bits per heavy atom. The third-order valence-corrected chi connectivity index (χ3v) is 1.32. The van der Waals surface area contributed by atoms with Crippen molar-refractivity contribution < 1.29 is 9.53 Å². The molecule has 64 valence electrons. The van der Waals surface area contributed by atoms with E-state index in [1.807, 2.05) is 0 Å². The van der Waals surface area contributed by atoms with Crippen LogP contribution in [0.2, 0.25) is 0 Å². The number of nitrogens with zero attached hydrogens (tertiary/aromatic N) is 2. The zero-order chi connectivity index (χ0) is 8.97. The van der Waals surface area contributed by atoms with Crippen molar-refractivity contribution in [3.63, 3.8) is 0 Å². The quantitative estimate of drug-likeness (QED) is 0.511. The lowest BCUT2D eigenvalue weighted by Gasteiger charge is -1.99. The van der Waals surface area contributed by atoms with Crippen molar-refractivity contribution in [1.82, 2.24) is 15.2 Å². The molecule has 1 heterocycles. The van der Waals surface area contributed by atoms with Crippen LogP contribution in [0, 0.1) is 0 Å². The van der Waals surface area contributed by atoms with Gasteiger partial charge in [-0.3, -0.25) is 5.10 Å². The molecule has 0 saturated carbocycles. The summed E-state index contributed by atoms with van der Waals surface area (Å²) in [5.41, 5.74) is 0.356. The molecule has 12 heavy (non-hydrogen) atoms. The molecule has 1 aromatic rings. The molecule has 0 atom stereocenters. The van der Waals surface area contributed by atoms with Gasteiger partial charge in [-0.25, -0.2) is 9.78 Å². The van der Waals surface area contributed by atoms with Crippen LogP contribution in [0.1, 0.15) is 5.82 Å². The summed E-state index contributed by atoms with van der Waals surface area (Å²) in [6.45, 7) is 3.54. The molecule has 0 bridgehead atoms. The van der Waals surface area contributed by atoms with Crippen molar-refractivity contribution >= 4 is 5.97 Å². The topological polar surface area (TPSA) is 67.9 Å². The average Bonchev–Trinajstić information content (AvgIpc) is 2.55. The summed E-state index contributed by atoms with van der Waals surface area (Å²) in [6.07, 6.45) is 1.71. The Bertz CT molecular complexity index is 279. The molecule has 0 aliphatic heterocycles. The largest absolute Gasteiger partial charge is 0.466 e. The van der Waals surface area contributed by atoms with E-state index in [0.717, 1.165) is 0 Å². The molecule has 5 heteroatoms. The number of H-pyrrole nitrogens is 1. The van der Waals surface area contributed by atoms with Crippen molar-refractivity contribution in [3.05, 3.63) is 24.3 Å². The van der Waals surface area contributed by atoms with Crippen molar-refractivity contribution in [3.8, 4) is 0 Å². The average molecular weight is 167 g/mol. The minimum Gasteiger partial charge on any atom is -0.466 e. The van der Waals surface area contributed by atoms with Gasteiger partial charge in [-0.15, -0.1) is 0 Å². The maximum Gasteiger partial charge on any atom is 0.333 e. The molecule has 1 rings (SSSR count). The highest BCUT2D eigenvalue weighted by molar-refractivity contribution is 5.87. The number of carbonyl (C=O) groups is 1. The second-order valence-corrected chi connectivity index (χ2v) is 2.20. The molecule has 0 aliphatic carbocycles. The van der Waals surface area contributed by atoms with Gasteiger partial charge in [0.25, 0.3) is 0 Å². The maximum absolute atomic E-state index is 10.9. The van der Waals surface area contributed by atoms with Gasteiger partial charge in [0.1, 0.15) is 12.2 Å². The van der Waals surface area contributed by atoms with Gasteiger partial charge in [-0.05, 0) is 0 Å². The first kappa shape index (κ1) is 8.45. The van der Waals surface area contributed by atoms with Gasteiger partial charge in [0.15, 0.2) is 0 Å². The van der Waals surface area contributed by atoms with Crippen LogP contribution < -0.4 is 0 Å². The van der Waals surface area contributed by atoms with Gasteiger partial charge in [-0.1, -0.05) is 6.58 Å². The van der Waals surface area contributed by atoms with Crippen molar-refractivity contribution in [1.29, 1.82) is 0 Å². The predicted octanol–water partition coefficient (Wildman–Crippen LogP) is 0.0764. The zero-order valence-electron chi connectivity index (χ0n) is 6.70. The maximum atomic E-state index is 10.9. The first-order valence-electron chi connectivity index (χ1n) is 3.34. The monoisotopic (exact) mass is 167 g/mol.